The van der Waals surface area contributed by atoms with Gasteiger partial charge in [-0.3, -0.25) is 14.3 Å². The number of anilines is 1. The Kier molecular flexibility index (Phi) is 5.18. The second kappa shape index (κ2) is 7.52. The summed E-state index contributed by atoms with van der Waals surface area (Å²) >= 11 is 0. The van der Waals surface area contributed by atoms with Crippen LogP contribution in [0.4, 0.5) is 5.82 Å². The Bertz CT molecular complexity index is 722. The van der Waals surface area contributed by atoms with Crippen molar-refractivity contribution in [3.8, 4) is 0 Å². The third-order valence-corrected chi connectivity index (χ3v) is 4.18. The van der Waals surface area contributed by atoms with Crippen molar-refractivity contribution < 1.29 is 14.0 Å². The molecule has 25 heavy (non-hydrogen) atoms. The van der Waals surface area contributed by atoms with E-state index in [0.717, 1.165) is 13.1 Å². The molecule has 2 amide bonds. The van der Waals surface area contributed by atoms with E-state index in [-0.39, 0.29) is 24.2 Å². The molecule has 0 aromatic carbocycles. The molecule has 1 N–H and O–H groups in total. The summed E-state index contributed by atoms with van der Waals surface area (Å²) < 4.78 is 7.06. The molecule has 1 aliphatic heterocycles. The molecule has 2 aromatic heterocycles. The molecule has 1 atom stereocenters. The summed E-state index contributed by atoms with van der Waals surface area (Å²) in [7, 11) is 4.00. The van der Waals surface area contributed by atoms with E-state index in [2.05, 4.69) is 15.3 Å². The van der Waals surface area contributed by atoms with Gasteiger partial charge in [0.25, 0.3) is 0 Å². The minimum absolute atomic E-state index is 0.0342. The Balaban J connectivity index is 1.52. The van der Waals surface area contributed by atoms with Crippen LogP contribution >= 0.6 is 0 Å². The normalized spacial score (nSPS) is 17.5. The van der Waals surface area contributed by atoms with Gasteiger partial charge in [0.15, 0.2) is 5.82 Å². The fourth-order valence-corrected chi connectivity index (χ4v) is 2.77. The molecule has 0 radical (unpaired) electrons. The first-order valence-corrected chi connectivity index (χ1v) is 8.30. The molecule has 3 heterocycles. The van der Waals surface area contributed by atoms with E-state index in [0.29, 0.717) is 24.7 Å². The van der Waals surface area contributed by atoms with Crippen LogP contribution in [0.2, 0.25) is 0 Å². The molecular formula is C17H23N5O3. The Labute approximate surface area is 146 Å². The van der Waals surface area contributed by atoms with Crippen molar-refractivity contribution >= 4 is 17.6 Å². The van der Waals surface area contributed by atoms with Crippen LogP contribution in [0.15, 0.2) is 35.1 Å². The topological polar surface area (TPSA) is 83.6 Å². The van der Waals surface area contributed by atoms with E-state index in [1.807, 2.05) is 26.4 Å². The molecule has 2 aromatic rings. The zero-order valence-corrected chi connectivity index (χ0v) is 14.5. The number of hydrogen-bond acceptors (Lipinski definition) is 5. The average Bonchev–Trinajstić information content (AvgIpc) is 3.29. The van der Waals surface area contributed by atoms with Crippen molar-refractivity contribution in [3.63, 3.8) is 0 Å². The highest BCUT2D eigenvalue weighted by Gasteiger charge is 2.34. The molecule has 8 nitrogen and oxygen atoms in total. The summed E-state index contributed by atoms with van der Waals surface area (Å²) in [5.74, 6) is 0.658. The van der Waals surface area contributed by atoms with Crippen LogP contribution in [0.1, 0.15) is 12.2 Å². The third kappa shape index (κ3) is 4.48. The Morgan fingerprint density at radius 1 is 1.44 bits per heavy atom. The van der Waals surface area contributed by atoms with Gasteiger partial charge in [-0.15, -0.1) is 0 Å². The van der Waals surface area contributed by atoms with Gasteiger partial charge in [-0.2, -0.15) is 5.10 Å². The van der Waals surface area contributed by atoms with Gasteiger partial charge in [-0.25, -0.2) is 0 Å². The fraction of sp³-hybridized carbons (Fsp3) is 0.471. The average molecular weight is 345 g/mol. The van der Waals surface area contributed by atoms with E-state index in [1.54, 1.807) is 28.0 Å². The lowest BCUT2D eigenvalue weighted by Gasteiger charge is -2.14. The number of rotatable bonds is 7. The number of amides is 2. The van der Waals surface area contributed by atoms with Gasteiger partial charge in [0.1, 0.15) is 5.76 Å². The molecule has 0 aliphatic carbocycles. The number of likely N-dealkylation sites (tertiary alicyclic amines) is 1. The molecule has 1 aliphatic rings. The Morgan fingerprint density at radius 3 is 3.00 bits per heavy atom. The molecule has 3 rings (SSSR count). The summed E-state index contributed by atoms with van der Waals surface area (Å²) in [6.45, 7) is 2.41. The molecule has 0 saturated carbocycles. The van der Waals surface area contributed by atoms with Gasteiger partial charge in [0, 0.05) is 31.8 Å². The monoisotopic (exact) mass is 345 g/mol. The predicted molar refractivity (Wildman–Crippen MR) is 91.6 cm³/mol. The van der Waals surface area contributed by atoms with Gasteiger partial charge in [-0.05, 0) is 26.2 Å². The van der Waals surface area contributed by atoms with E-state index in [1.165, 1.54) is 0 Å². The molecule has 0 bridgehead atoms. The number of nitrogens with one attached hydrogen (secondary N) is 1. The highest BCUT2D eigenvalue weighted by molar-refractivity contribution is 5.96. The van der Waals surface area contributed by atoms with Gasteiger partial charge >= 0.3 is 0 Å². The largest absolute Gasteiger partial charge is 0.467 e. The summed E-state index contributed by atoms with van der Waals surface area (Å²) in [5.41, 5.74) is 0. The smallest absolute Gasteiger partial charge is 0.230 e. The van der Waals surface area contributed by atoms with E-state index >= 15 is 0 Å². The van der Waals surface area contributed by atoms with Crippen LogP contribution < -0.4 is 5.32 Å². The fourth-order valence-electron chi connectivity index (χ4n) is 2.77. The number of hydrogen-bond donors (Lipinski definition) is 1. The maximum absolute atomic E-state index is 12.4. The first-order valence-electron chi connectivity index (χ1n) is 8.30. The maximum Gasteiger partial charge on any atom is 0.230 e. The Morgan fingerprint density at radius 2 is 2.28 bits per heavy atom. The molecule has 0 unspecified atom stereocenters. The van der Waals surface area contributed by atoms with Crippen molar-refractivity contribution in [2.24, 2.45) is 5.92 Å². The lowest BCUT2D eigenvalue weighted by molar-refractivity contribution is -0.128. The van der Waals surface area contributed by atoms with Crippen molar-refractivity contribution in [1.82, 2.24) is 19.6 Å². The lowest BCUT2D eigenvalue weighted by atomic mass is 10.1. The molecule has 0 spiro atoms. The van der Waals surface area contributed by atoms with Crippen molar-refractivity contribution in [2.45, 2.75) is 19.5 Å². The number of aromatic nitrogens is 2. The highest BCUT2D eigenvalue weighted by atomic mass is 16.3. The first-order chi connectivity index (χ1) is 12.0. The molecule has 1 saturated heterocycles. The Hall–Kier alpha value is -2.61. The highest BCUT2D eigenvalue weighted by Crippen LogP contribution is 2.21. The van der Waals surface area contributed by atoms with Crippen LogP contribution in [0.5, 0.6) is 0 Å². The van der Waals surface area contributed by atoms with E-state index < -0.39 is 0 Å². The molecule has 8 heteroatoms. The van der Waals surface area contributed by atoms with Crippen LogP contribution in [0, 0.1) is 5.92 Å². The van der Waals surface area contributed by atoms with Crippen LogP contribution in [-0.2, 0) is 22.7 Å². The summed E-state index contributed by atoms with van der Waals surface area (Å²) in [6.07, 6.45) is 3.63. The van der Waals surface area contributed by atoms with Crippen LogP contribution in [0.3, 0.4) is 0 Å². The summed E-state index contributed by atoms with van der Waals surface area (Å²) in [5, 5.41) is 7.14. The van der Waals surface area contributed by atoms with E-state index in [9.17, 15) is 9.59 Å². The summed E-state index contributed by atoms with van der Waals surface area (Å²) in [4.78, 5) is 28.2. The van der Waals surface area contributed by atoms with Crippen molar-refractivity contribution in [3.05, 3.63) is 36.4 Å². The number of furan rings is 1. The minimum atomic E-state index is -0.366. The minimum Gasteiger partial charge on any atom is -0.467 e. The van der Waals surface area contributed by atoms with Crippen molar-refractivity contribution in [2.75, 3.05) is 32.5 Å². The molecular weight excluding hydrogens is 322 g/mol. The van der Waals surface area contributed by atoms with Gasteiger partial charge in [0.05, 0.1) is 25.3 Å². The number of carbonyl (C=O) groups is 2. The van der Waals surface area contributed by atoms with E-state index in [4.69, 9.17) is 4.42 Å². The van der Waals surface area contributed by atoms with Crippen LogP contribution in [-0.4, -0.2) is 58.6 Å². The van der Waals surface area contributed by atoms with Gasteiger partial charge in [-0.1, -0.05) is 0 Å². The number of carbonyl (C=O) groups excluding carboxylic acids is 2. The molecule has 1 fully saturated rings. The third-order valence-electron chi connectivity index (χ3n) is 4.18. The van der Waals surface area contributed by atoms with Crippen molar-refractivity contribution in [1.29, 1.82) is 0 Å². The second-order valence-corrected chi connectivity index (χ2v) is 6.51. The maximum atomic E-state index is 12.4. The second-order valence-electron chi connectivity index (χ2n) is 6.51. The number of nitrogens with zero attached hydrogens (tertiary/aromatic N) is 4. The zero-order chi connectivity index (χ0) is 17.8. The lowest BCUT2D eigenvalue weighted by Crippen LogP contribution is -2.28. The van der Waals surface area contributed by atoms with Crippen LogP contribution in [0.25, 0.3) is 0 Å². The standard InChI is InChI=1S/C17H23N5O3/c1-20(2)7-8-22-6-5-15(19-22)18-17(24)13-10-16(23)21(11-13)12-14-4-3-9-25-14/h3-6,9,13H,7-8,10-12H2,1-2H3,(H,18,19,24)/t13-/m0/s1. The predicted octanol–water partition coefficient (Wildman–Crippen LogP) is 1.02. The zero-order valence-electron chi connectivity index (χ0n) is 14.5. The van der Waals surface area contributed by atoms with Gasteiger partial charge in [0.2, 0.25) is 11.8 Å². The SMILES string of the molecule is CN(C)CCn1ccc(NC(=O)[C@H]2CC(=O)N(Cc3ccco3)C2)n1. The quantitative estimate of drug-likeness (QED) is 0.810. The van der Waals surface area contributed by atoms with Gasteiger partial charge < -0.3 is 19.5 Å². The first kappa shape index (κ1) is 17.2. The molecule has 134 valence electrons. The summed E-state index contributed by atoms with van der Waals surface area (Å²) in [6, 6.07) is 5.37. The number of likely N-dealkylation sites (N-methyl/N-ethyl adjacent to an activating group) is 1.